The Morgan fingerprint density at radius 1 is 1.19 bits per heavy atom. The molecule has 31 heavy (non-hydrogen) atoms. The predicted molar refractivity (Wildman–Crippen MR) is 111 cm³/mol. The van der Waals surface area contributed by atoms with E-state index in [4.69, 9.17) is 14.2 Å². The molecule has 0 saturated carbocycles. The minimum atomic E-state index is -0.717. The van der Waals surface area contributed by atoms with Crippen LogP contribution in [0.3, 0.4) is 0 Å². The van der Waals surface area contributed by atoms with E-state index in [1.807, 2.05) is 13.8 Å². The van der Waals surface area contributed by atoms with E-state index in [1.165, 1.54) is 12.1 Å². The van der Waals surface area contributed by atoms with Crippen LogP contribution < -0.4 is 4.74 Å². The van der Waals surface area contributed by atoms with Crippen LogP contribution in [0.2, 0.25) is 0 Å². The maximum Gasteiger partial charge on any atom is 0.316 e. The van der Waals surface area contributed by atoms with Gasteiger partial charge >= 0.3 is 6.01 Å². The van der Waals surface area contributed by atoms with Crippen LogP contribution in [0.15, 0.2) is 36.5 Å². The molecule has 164 valence electrons. The first kappa shape index (κ1) is 21.4. The van der Waals surface area contributed by atoms with Crippen LogP contribution >= 0.6 is 0 Å². The molecule has 0 unspecified atom stereocenters. The molecule has 0 atom stereocenters. The molecule has 1 saturated heterocycles. The number of aliphatic hydroxyl groups excluding tert-OH is 1. The molecule has 3 heterocycles. The van der Waals surface area contributed by atoms with Crippen molar-refractivity contribution in [1.82, 2.24) is 19.9 Å². The van der Waals surface area contributed by atoms with Crippen LogP contribution in [-0.4, -0.2) is 51.5 Å². The monoisotopic (exact) mass is 428 g/mol. The number of nitrogens with zero attached hydrogens (tertiary/aromatic N) is 3. The van der Waals surface area contributed by atoms with Gasteiger partial charge < -0.3 is 24.3 Å². The molecule has 1 aromatic carbocycles. The third kappa shape index (κ3) is 4.73. The molecular formula is C22H25FN4O4. The topological polar surface area (TPSA) is 102 Å². The largest absolute Gasteiger partial charge is 0.463 e. The molecule has 1 fully saturated rings. The van der Waals surface area contributed by atoms with Crippen LogP contribution in [-0.2, 0) is 9.47 Å². The average Bonchev–Trinajstić information content (AvgIpc) is 3.24. The fourth-order valence-electron chi connectivity index (χ4n) is 3.14. The Bertz CT molecular complexity index is 1020. The molecule has 3 aromatic rings. The number of benzene rings is 1. The van der Waals surface area contributed by atoms with Gasteiger partial charge in [-0.05, 0) is 36.8 Å². The number of imidazole rings is 1. The second-order valence-corrected chi connectivity index (χ2v) is 7.85. The van der Waals surface area contributed by atoms with E-state index in [2.05, 4.69) is 19.9 Å². The molecule has 0 aliphatic carbocycles. The molecule has 8 nitrogen and oxygen atoms in total. The van der Waals surface area contributed by atoms with Crippen molar-refractivity contribution in [3.63, 3.8) is 0 Å². The van der Waals surface area contributed by atoms with Gasteiger partial charge in [-0.15, -0.1) is 0 Å². The van der Waals surface area contributed by atoms with Gasteiger partial charge in [0.15, 0.2) is 5.82 Å². The van der Waals surface area contributed by atoms with Gasteiger partial charge in [0.05, 0.1) is 43.5 Å². The number of aromatic nitrogens is 4. The Morgan fingerprint density at radius 2 is 1.94 bits per heavy atom. The summed E-state index contributed by atoms with van der Waals surface area (Å²) in [5.74, 6) is 0.129. The predicted octanol–water partition coefficient (Wildman–Crippen LogP) is 3.51. The number of H-pyrrole nitrogens is 1. The average molecular weight is 428 g/mol. The third-order valence-electron chi connectivity index (χ3n) is 4.94. The summed E-state index contributed by atoms with van der Waals surface area (Å²) in [4.78, 5) is 16.6. The maximum atomic E-state index is 13.5. The van der Waals surface area contributed by atoms with Crippen molar-refractivity contribution in [1.29, 1.82) is 0 Å². The first-order chi connectivity index (χ1) is 15.0. The number of rotatable bonds is 7. The summed E-state index contributed by atoms with van der Waals surface area (Å²) in [5.41, 5.74) is 2.04. The van der Waals surface area contributed by atoms with Crippen molar-refractivity contribution in [3.05, 3.63) is 48.2 Å². The number of nitrogens with one attached hydrogen (secondary N) is 1. The molecule has 2 aromatic heterocycles. The second kappa shape index (κ2) is 9.09. The van der Waals surface area contributed by atoms with Crippen molar-refractivity contribution in [2.24, 2.45) is 5.41 Å². The van der Waals surface area contributed by atoms with Crippen molar-refractivity contribution in [2.45, 2.75) is 26.6 Å². The number of aliphatic hydroxyl groups is 1. The Morgan fingerprint density at radius 3 is 2.61 bits per heavy atom. The van der Waals surface area contributed by atoms with E-state index >= 15 is 0 Å². The highest BCUT2D eigenvalue weighted by atomic mass is 19.1. The van der Waals surface area contributed by atoms with Crippen LogP contribution in [0.4, 0.5) is 4.39 Å². The molecule has 0 spiro atoms. The highest BCUT2D eigenvalue weighted by molar-refractivity contribution is 5.76. The highest BCUT2D eigenvalue weighted by Crippen LogP contribution is 2.35. The normalized spacial score (nSPS) is 21.2. The summed E-state index contributed by atoms with van der Waals surface area (Å²) in [5, 5.41) is 9.52. The fourth-order valence-corrected chi connectivity index (χ4v) is 3.14. The summed E-state index contributed by atoms with van der Waals surface area (Å²) in [6.07, 6.45) is 1.74. The van der Waals surface area contributed by atoms with E-state index in [9.17, 15) is 9.50 Å². The number of aromatic amines is 1. The lowest BCUT2D eigenvalue weighted by atomic mass is 9.94. The van der Waals surface area contributed by atoms with Crippen molar-refractivity contribution in [2.75, 3.05) is 26.4 Å². The second-order valence-electron chi connectivity index (χ2n) is 7.85. The van der Waals surface area contributed by atoms with Crippen molar-refractivity contribution >= 4 is 0 Å². The molecular weight excluding hydrogens is 403 g/mol. The summed E-state index contributed by atoms with van der Waals surface area (Å²) >= 11 is 0. The molecule has 1 aliphatic rings. The van der Waals surface area contributed by atoms with E-state index < -0.39 is 11.7 Å². The Balaban J connectivity index is 1.71. The SMILES string of the molecule is CCCOc1nccc(-c2[nH]c(C3OCC(C)(CO)CO3)nc2-c2ccc(F)cc2)n1. The molecule has 4 rings (SSSR count). The smallest absolute Gasteiger partial charge is 0.316 e. The highest BCUT2D eigenvalue weighted by Gasteiger charge is 2.34. The van der Waals surface area contributed by atoms with Gasteiger partial charge in [0.1, 0.15) is 5.82 Å². The lowest BCUT2D eigenvalue weighted by Crippen LogP contribution is -2.39. The van der Waals surface area contributed by atoms with Crippen LogP contribution in [0.25, 0.3) is 22.6 Å². The third-order valence-corrected chi connectivity index (χ3v) is 4.94. The summed E-state index contributed by atoms with van der Waals surface area (Å²) < 4.78 is 30.7. The van der Waals surface area contributed by atoms with Gasteiger partial charge in [-0.2, -0.15) is 4.98 Å². The molecule has 1 aliphatic heterocycles. The zero-order valence-electron chi connectivity index (χ0n) is 17.5. The Hall–Kier alpha value is -2.88. The lowest BCUT2D eigenvalue weighted by Gasteiger charge is -2.35. The van der Waals surface area contributed by atoms with Gasteiger partial charge in [-0.1, -0.05) is 13.8 Å². The minimum Gasteiger partial charge on any atom is -0.463 e. The first-order valence-electron chi connectivity index (χ1n) is 10.2. The van der Waals surface area contributed by atoms with Gasteiger partial charge in [0, 0.05) is 17.2 Å². The van der Waals surface area contributed by atoms with Crippen LogP contribution in [0.1, 0.15) is 32.4 Å². The quantitative estimate of drug-likeness (QED) is 0.594. The van der Waals surface area contributed by atoms with E-state index in [0.29, 0.717) is 48.3 Å². The van der Waals surface area contributed by atoms with E-state index in [0.717, 1.165) is 6.42 Å². The molecule has 0 amide bonds. The fraction of sp³-hybridized carbons (Fsp3) is 0.409. The summed E-state index contributed by atoms with van der Waals surface area (Å²) in [6.45, 7) is 5.03. The molecule has 0 radical (unpaired) electrons. The molecule has 9 heteroatoms. The van der Waals surface area contributed by atoms with Crippen LogP contribution in [0.5, 0.6) is 6.01 Å². The Kier molecular flexibility index (Phi) is 6.26. The number of halogens is 1. The lowest BCUT2D eigenvalue weighted by molar-refractivity contribution is -0.239. The van der Waals surface area contributed by atoms with Crippen LogP contribution in [0, 0.1) is 11.2 Å². The van der Waals surface area contributed by atoms with Gasteiger partial charge in [-0.3, -0.25) is 0 Å². The zero-order valence-corrected chi connectivity index (χ0v) is 17.5. The number of ether oxygens (including phenoxy) is 3. The zero-order chi connectivity index (χ0) is 21.8. The first-order valence-corrected chi connectivity index (χ1v) is 10.2. The van der Waals surface area contributed by atoms with Gasteiger partial charge in [0.25, 0.3) is 0 Å². The van der Waals surface area contributed by atoms with Gasteiger partial charge in [-0.25, -0.2) is 14.4 Å². The Labute approximate surface area is 179 Å². The molecule has 0 bridgehead atoms. The maximum absolute atomic E-state index is 13.5. The van der Waals surface area contributed by atoms with E-state index in [1.54, 1.807) is 24.4 Å². The van der Waals surface area contributed by atoms with E-state index in [-0.39, 0.29) is 18.4 Å². The molecule has 2 N–H and O–H groups in total. The minimum absolute atomic E-state index is 0.0363. The summed E-state index contributed by atoms with van der Waals surface area (Å²) in [7, 11) is 0. The van der Waals surface area contributed by atoms with Crippen molar-refractivity contribution < 1.29 is 23.7 Å². The number of hydrogen-bond acceptors (Lipinski definition) is 7. The van der Waals surface area contributed by atoms with Gasteiger partial charge in [0.2, 0.25) is 6.29 Å². The summed E-state index contributed by atoms with van der Waals surface area (Å²) in [6, 6.07) is 8.07. The van der Waals surface area contributed by atoms with Crippen molar-refractivity contribution in [3.8, 4) is 28.7 Å². The standard InChI is InChI=1S/C22H25FN4O4/c1-3-10-29-21-24-9-8-16(25-21)18-17(14-4-6-15(23)7-5-14)26-19(27-18)20-30-12-22(2,11-28)13-31-20/h4-9,20,28H,3,10-13H2,1-2H3,(H,26,27). The number of hydrogen-bond donors (Lipinski definition) is 2.